The van der Waals surface area contributed by atoms with Crippen LogP contribution in [0.25, 0.3) is 0 Å². The number of likely N-dealkylation sites (tertiary alicyclic amines) is 1. The topological polar surface area (TPSA) is 109 Å². The molecule has 10 nitrogen and oxygen atoms in total. The SMILES string of the molecule is C=C(F)C(=O)N1CCN(c2nc(OC[C@@H]3CCCN3C)nc3c2CCN(c2cc(O)cc4c2CCC4)C3)C[C@@H]1CC#N. The molecule has 6 rings (SSSR count). The number of aromatic nitrogens is 2. The molecule has 0 saturated carbocycles. The quantitative estimate of drug-likeness (QED) is 0.498. The van der Waals surface area contributed by atoms with Crippen LogP contribution in [-0.2, 0) is 30.6 Å². The normalized spacial score (nSPS) is 22.1. The van der Waals surface area contributed by atoms with Crippen LogP contribution < -0.4 is 14.5 Å². The first-order chi connectivity index (χ1) is 20.3. The van der Waals surface area contributed by atoms with E-state index in [4.69, 9.17) is 14.7 Å². The van der Waals surface area contributed by atoms with Crippen LogP contribution in [0.1, 0.15) is 48.1 Å². The van der Waals surface area contributed by atoms with Crippen molar-refractivity contribution in [3.63, 3.8) is 0 Å². The van der Waals surface area contributed by atoms with Crippen LogP contribution in [0.5, 0.6) is 11.8 Å². The number of rotatable bonds is 7. The molecule has 2 fully saturated rings. The molecule has 4 heterocycles. The number of nitrogens with zero attached hydrogens (tertiary/aromatic N) is 7. The van der Waals surface area contributed by atoms with E-state index in [9.17, 15) is 19.6 Å². The van der Waals surface area contributed by atoms with Crippen molar-refractivity contribution < 1.29 is 19.0 Å². The molecule has 0 bridgehead atoms. The van der Waals surface area contributed by atoms with E-state index in [-0.39, 0.29) is 18.7 Å². The highest BCUT2D eigenvalue weighted by molar-refractivity contribution is 5.91. The molecule has 3 aliphatic heterocycles. The Morgan fingerprint density at radius 2 is 1.98 bits per heavy atom. The molecule has 1 N–H and O–H groups in total. The number of nitriles is 1. The third kappa shape index (κ3) is 5.48. The average molecular weight is 576 g/mol. The molecular weight excluding hydrogens is 537 g/mol. The molecule has 42 heavy (non-hydrogen) atoms. The van der Waals surface area contributed by atoms with Gasteiger partial charge in [0.05, 0.1) is 30.8 Å². The second-order valence-corrected chi connectivity index (χ2v) is 11.8. The van der Waals surface area contributed by atoms with E-state index in [0.717, 1.165) is 68.0 Å². The van der Waals surface area contributed by atoms with Crippen molar-refractivity contribution >= 4 is 17.4 Å². The van der Waals surface area contributed by atoms with Crippen LogP contribution in [0.2, 0.25) is 0 Å². The standard InChI is InChI=1S/C31H38FN7O3/c1-20(32)30(41)39-14-13-38(17-22(39)8-10-33)29-26-9-12-37(28-16-24(40)15-21-5-3-7-25(21)28)18-27(26)34-31(35-29)42-19-23-6-4-11-36(23)2/h15-16,22-23,40H,1,3-9,11-14,17-19H2,2H3/t22-,23-/m0/s1. The molecule has 1 aliphatic carbocycles. The van der Waals surface area contributed by atoms with Gasteiger partial charge in [0.2, 0.25) is 0 Å². The third-order valence-corrected chi connectivity index (χ3v) is 9.22. The van der Waals surface area contributed by atoms with Gasteiger partial charge in [-0.05, 0) is 69.3 Å². The summed E-state index contributed by atoms with van der Waals surface area (Å²) in [4.78, 5) is 30.4. The van der Waals surface area contributed by atoms with Gasteiger partial charge in [-0.15, -0.1) is 0 Å². The van der Waals surface area contributed by atoms with E-state index in [0.29, 0.717) is 44.7 Å². The molecule has 1 amide bonds. The summed E-state index contributed by atoms with van der Waals surface area (Å²) in [6.07, 6.45) is 6.05. The Morgan fingerprint density at radius 1 is 1.12 bits per heavy atom. The van der Waals surface area contributed by atoms with E-state index < -0.39 is 17.8 Å². The molecule has 0 spiro atoms. The fourth-order valence-corrected chi connectivity index (χ4v) is 6.98. The third-order valence-electron chi connectivity index (χ3n) is 9.22. The Bertz CT molecular complexity index is 1430. The molecule has 0 radical (unpaired) electrons. The van der Waals surface area contributed by atoms with Gasteiger partial charge < -0.3 is 29.4 Å². The molecule has 1 aromatic carbocycles. The number of likely N-dealkylation sites (N-methyl/N-ethyl adjacent to an activating group) is 1. The maximum atomic E-state index is 13.8. The number of aryl methyl sites for hydroxylation is 1. The zero-order valence-electron chi connectivity index (χ0n) is 24.2. The lowest BCUT2D eigenvalue weighted by Gasteiger charge is -2.42. The zero-order valence-corrected chi connectivity index (χ0v) is 24.2. The van der Waals surface area contributed by atoms with Crippen LogP contribution in [0.3, 0.4) is 0 Å². The largest absolute Gasteiger partial charge is 0.508 e. The Kier molecular flexibility index (Phi) is 7.90. The Balaban J connectivity index is 1.32. The number of phenols is 1. The smallest absolute Gasteiger partial charge is 0.318 e. The molecule has 1 aromatic heterocycles. The summed E-state index contributed by atoms with van der Waals surface area (Å²) in [5.74, 6) is -0.739. The van der Waals surface area contributed by atoms with Crippen molar-refractivity contribution in [2.24, 2.45) is 0 Å². The summed E-state index contributed by atoms with van der Waals surface area (Å²) in [6, 6.07) is 6.04. The monoisotopic (exact) mass is 575 g/mol. The van der Waals surface area contributed by atoms with E-state index in [1.54, 1.807) is 0 Å². The summed E-state index contributed by atoms with van der Waals surface area (Å²) >= 11 is 0. The first kappa shape index (κ1) is 28.2. The molecule has 2 aromatic rings. The van der Waals surface area contributed by atoms with Crippen LogP contribution in [0, 0.1) is 11.3 Å². The highest BCUT2D eigenvalue weighted by atomic mass is 19.1. The van der Waals surface area contributed by atoms with E-state index in [1.807, 2.05) is 12.1 Å². The van der Waals surface area contributed by atoms with Crippen molar-refractivity contribution in [2.45, 2.75) is 63.6 Å². The number of benzene rings is 1. The molecule has 11 heteroatoms. The highest BCUT2D eigenvalue weighted by Crippen LogP contribution is 2.38. The van der Waals surface area contributed by atoms with Gasteiger partial charge in [0.1, 0.15) is 18.2 Å². The van der Waals surface area contributed by atoms with Crippen LogP contribution in [0.15, 0.2) is 24.5 Å². The predicted octanol–water partition coefficient (Wildman–Crippen LogP) is 3.12. The number of hydrogen-bond acceptors (Lipinski definition) is 9. The van der Waals surface area contributed by atoms with Crippen molar-refractivity contribution in [3.8, 4) is 17.8 Å². The summed E-state index contributed by atoms with van der Waals surface area (Å²) in [7, 11) is 2.11. The number of ether oxygens (including phenoxy) is 1. The number of hydrogen-bond donors (Lipinski definition) is 1. The number of carbonyl (C=O) groups excluding carboxylic acids is 1. The minimum absolute atomic E-state index is 0.0799. The van der Waals surface area contributed by atoms with Crippen LogP contribution in [0.4, 0.5) is 15.9 Å². The maximum absolute atomic E-state index is 13.8. The summed E-state index contributed by atoms with van der Waals surface area (Å²) in [5.41, 5.74) is 5.50. The number of piperazine rings is 1. The van der Waals surface area contributed by atoms with Crippen LogP contribution in [-0.4, -0.2) is 89.2 Å². The van der Waals surface area contributed by atoms with Gasteiger partial charge in [0, 0.05) is 49.5 Å². The van der Waals surface area contributed by atoms with Gasteiger partial charge in [-0.3, -0.25) is 4.79 Å². The van der Waals surface area contributed by atoms with Crippen molar-refractivity contribution in [1.29, 1.82) is 5.26 Å². The first-order valence-electron chi connectivity index (χ1n) is 14.9. The average Bonchev–Trinajstić information content (AvgIpc) is 3.63. The summed E-state index contributed by atoms with van der Waals surface area (Å²) < 4.78 is 20.0. The van der Waals surface area contributed by atoms with Gasteiger partial charge in [0.25, 0.3) is 5.91 Å². The number of halogens is 1. The van der Waals surface area contributed by atoms with Gasteiger partial charge in [-0.1, -0.05) is 6.58 Å². The van der Waals surface area contributed by atoms with E-state index >= 15 is 0 Å². The molecule has 2 saturated heterocycles. The predicted molar refractivity (Wildman–Crippen MR) is 156 cm³/mol. The number of phenolic OH excluding ortho intramolecular Hbond substituents is 1. The Hall–Kier alpha value is -3.91. The van der Waals surface area contributed by atoms with Crippen LogP contribution >= 0.6 is 0 Å². The Morgan fingerprint density at radius 3 is 2.74 bits per heavy atom. The van der Waals surface area contributed by atoms with Gasteiger partial charge in [-0.2, -0.15) is 15.2 Å². The molecular formula is C31H38FN7O3. The fraction of sp³-hybridized carbons (Fsp3) is 0.548. The minimum Gasteiger partial charge on any atom is -0.508 e. The molecule has 222 valence electrons. The number of aromatic hydroxyl groups is 1. The summed E-state index contributed by atoms with van der Waals surface area (Å²) in [6.45, 7) is 7.07. The minimum atomic E-state index is -1.02. The van der Waals surface area contributed by atoms with Gasteiger partial charge >= 0.3 is 6.01 Å². The lowest BCUT2D eigenvalue weighted by molar-refractivity contribution is -0.131. The lowest BCUT2D eigenvalue weighted by Crippen LogP contribution is -2.55. The lowest BCUT2D eigenvalue weighted by atomic mass is 10.0. The molecule has 0 unspecified atom stereocenters. The number of anilines is 2. The first-order valence-corrected chi connectivity index (χ1v) is 14.9. The second-order valence-electron chi connectivity index (χ2n) is 11.8. The van der Waals surface area contributed by atoms with Gasteiger partial charge in [0.15, 0.2) is 5.83 Å². The van der Waals surface area contributed by atoms with E-state index in [1.165, 1.54) is 16.0 Å². The molecule has 4 aliphatic rings. The Labute approximate surface area is 246 Å². The van der Waals surface area contributed by atoms with E-state index in [2.05, 4.69) is 34.4 Å². The highest BCUT2D eigenvalue weighted by Gasteiger charge is 2.35. The van der Waals surface area contributed by atoms with Crippen molar-refractivity contribution in [3.05, 3.63) is 46.9 Å². The zero-order chi connectivity index (χ0) is 29.4. The van der Waals surface area contributed by atoms with Crippen molar-refractivity contribution in [1.82, 2.24) is 19.8 Å². The molecule has 2 atom stereocenters. The maximum Gasteiger partial charge on any atom is 0.318 e. The number of amides is 1. The van der Waals surface area contributed by atoms with Crippen molar-refractivity contribution in [2.75, 3.05) is 56.2 Å². The number of fused-ring (bicyclic) bond motifs is 2. The van der Waals surface area contributed by atoms with Gasteiger partial charge in [-0.25, -0.2) is 4.39 Å². The summed E-state index contributed by atoms with van der Waals surface area (Å²) in [5, 5.41) is 19.9. The second kappa shape index (κ2) is 11.8. The number of carbonyl (C=O) groups is 1. The fourth-order valence-electron chi connectivity index (χ4n) is 6.98.